The van der Waals surface area contributed by atoms with Gasteiger partial charge in [0.05, 0.1) is 0 Å². The molecule has 2 atom stereocenters. The van der Waals surface area contributed by atoms with Gasteiger partial charge in [0.1, 0.15) is 12.2 Å². The van der Waals surface area contributed by atoms with E-state index in [9.17, 15) is 20.3 Å². The Labute approximate surface area is 122 Å². The second-order valence-electron chi connectivity index (χ2n) is 7.14. The molecule has 0 aromatic heterocycles. The first kappa shape index (κ1) is 19.3. The van der Waals surface area contributed by atoms with Gasteiger partial charge in [-0.05, 0) is 30.6 Å². The largest absolute Gasteiger partial charge is 0.386 e. The first-order chi connectivity index (χ1) is 9.03. The highest BCUT2D eigenvalue weighted by atomic mass is 16.6. The van der Waals surface area contributed by atoms with Crippen LogP contribution in [0.15, 0.2) is 0 Å². The van der Waals surface area contributed by atoms with Crippen LogP contribution in [0.4, 0.5) is 0 Å². The molecule has 2 N–H and O–H groups in total. The van der Waals surface area contributed by atoms with Crippen LogP contribution in [0.5, 0.6) is 0 Å². The molecular weight excluding hydrogens is 258 g/mol. The number of aliphatic hydroxyl groups is 2. The highest BCUT2D eigenvalue weighted by Crippen LogP contribution is 2.34. The van der Waals surface area contributed by atoms with Crippen molar-refractivity contribution in [3.8, 4) is 0 Å². The summed E-state index contributed by atoms with van der Waals surface area (Å²) >= 11 is 0. The van der Waals surface area contributed by atoms with Crippen LogP contribution in [0.25, 0.3) is 0 Å². The van der Waals surface area contributed by atoms with Gasteiger partial charge in [-0.1, -0.05) is 41.5 Å². The topological polar surface area (TPSA) is 83.6 Å². The van der Waals surface area contributed by atoms with E-state index in [2.05, 4.69) is 0 Å². The third-order valence-electron chi connectivity index (χ3n) is 3.62. The lowest BCUT2D eigenvalue weighted by Crippen LogP contribution is -2.59. The molecule has 0 bridgehead atoms. The average molecular weight is 289 g/mol. The molecule has 2 unspecified atom stereocenters. The van der Waals surface area contributed by atoms with Crippen LogP contribution < -0.4 is 0 Å². The van der Waals surface area contributed by atoms with Crippen molar-refractivity contribution in [1.29, 1.82) is 0 Å². The van der Waals surface area contributed by atoms with E-state index in [-0.39, 0.29) is 24.2 Å². The first-order valence-electron chi connectivity index (χ1n) is 7.54. The lowest BCUT2D eigenvalue weighted by molar-refractivity contribution is -0.599. The van der Waals surface area contributed by atoms with Gasteiger partial charge in [-0.3, -0.25) is 10.1 Å². The maximum atomic E-state index is 11.7. The molecular formula is C15H31NO4. The molecule has 0 aliphatic rings. The second kappa shape index (κ2) is 7.93. The minimum atomic E-state index is -1.66. The van der Waals surface area contributed by atoms with Crippen LogP contribution in [0.3, 0.4) is 0 Å². The molecule has 0 saturated heterocycles. The van der Waals surface area contributed by atoms with Crippen molar-refractivity contribution in [3.63, 3.8) is 0 Å². The number of aliphatic hydroxyl groups excluding tert-OH is 2. The Balaban J connectivity index is 5.50. The fraction of sp³-hybridized carbons (Fsp3) is 1.00. The third-order valence-corrected chi connectivity index (χ3v) is 3.62. The summed E-state index contributed by atoms with van der Waals surface area (Å²) in [4.78, 5) is 11.2. The molecule has 0 aliphatic carbocycles. The first-order valence-corrected chi connectivity index (χ1v) is 7.54. The normalized spacial score (nSPS) is 18.4. The lowest BCUT2D eigenvalue weighted by Gasteiger charge is -2.36. The number of hydrogen-bond acceptors (Lipinski definition) is 4. The van der Waals surface area contributed by atoms with E-state index in [4.69, 9.17) is 0 Å². The molecule has 0 spiro atoms. The SMILES string of the molecule is CC(C)CC(O)C(CC(C)C)(C(O)CC(C)C)[N+](=O)[O-]. The van der Waals surface area contributed by atoms with Gasteiger partial charge in [0.25, 0.3) is 5.54 Å². The highest BCUT2D eigenvalue weighted by molar-refractivity contribution is 4.95. The Morgan fingerprint density at radius 3 is 1.45 bits per heavy atom. The van der Waals surface area contributed by atoms with Crippen molar-refractivity contribution in [2.24, 2.45) is 17.8 Å². The van der Waals surface area contributed by atoms with Crippen molar-refractivity contribution in [3.05, 3.63) is 10.1 Å². The number of rotatable bonds is 9. The Bertz CT molecular complexity index is 286. The van der Waals surface area contributed by atoms with Gasteiger partial charge in [-0.25, -0.2) is 0 Å². The summed E-state index contributed by atoms with van der Waals surface area (Å²) in [5.74, 6) is 0.314. The van der Waals surface area contributed by atoms with Crippen LogP contribution >= 0.6 is 0 Å². The molecule has 0 rings (SSSR count). The summed E-state index contributed by atoms with van der Waals surface area (Å²) in [6.07, 6.45) is -1.43. The molecule has 0 amide bonds. The molecule has 5 heteroatoms. The summed E-state index contributed by atoms with van der Waals surface area (Å²) in [6.45, 7) is 11.4. The van der Waals surface area contributed by atoms with Gasteiger partial charge >= 0.3 is 0 Å². The molecule has 0 fully saturated rings. The fourth-order valence-electron chi connectivity index (χ4n) is 2.77. The Kier molecular flexibility index (Phi) is 7.66. The van der Waals surface area contributed by atoms with E-state index >= 15 is 0 Å². The zero-order chi connectivity index (χ0) is 16.1. The predicted molar refractivity (Wildman–Crippen MR) is 80.1 cm³/mol. The third kappa shape index (κ3) is 5.02. The van der Waals surface area contributed by atoms with Crippen molar-refractivity contribution >= 4 is 0 Å². The zero-order valence-corrected chi connectivity index (χ0v) is 13.7. The van der Waals surface area contributed by atoms with Gasteiger partial charge in [-0.2, -0.15) is 0 Å². The van der Waals surface area contributed by atoms with Gasteiger partial charge in [0, 0.05) is 11.3 Å². The van der Waals surface area contributed by atoms with Crippen molar-refractivity contribution in [1.82, 2.24) is 0 Å². The van der Waals surface area contributed by atoms with Gasteiger partial charge in [-0.15, -0.1) is 0 Å². The van der Waals surface area contributed by atoms with Crippen LogP contribution in [0, 0.1) is 27.9 Å². The molecule has 0 aliphatic heterocycles. The van der Waals surface area contributed by atoms with E-state index < -0.39 is 22.7 Å². The molecule has 0 aromatic carbocycles. The average Bonchev–Trinajstić information content (AvgIpc) is 2.22. The van der Waals surface area contributed by atoms with E-state index in [1.165, 1.54) is 0 Å². The molecule has 0 radical (unpaired) electrons. The molecule has 5 nitrogen and oxygen atoms in total. The van der Waals surface area contributed by atoms with E-state index in [0.29, 0.717) is 12.8 Å². The number of nitrogens with zero attached hydrogens (tertiary/aromatic N) is 1. The van der Waals surface area contributed by atoms with Crippen LogP contribution in [-0.4, -0.2) is 32.9 Å². The Morgan fingerprint density at radius 2 is 1.25 bits per heavy atom. The molecule has 0 aromatic rings. The monoisotopic (exact) mass is 289 g/mol. The fourth-order valence-corrected chi connectivity index (χ4v) is 2.77. The van der Waals surface area contributed by atoms with Crippen molar-refractivity contribution in [2.45, 2.75) is 78.6 Å². The Hall–Kier alpha value is -0.680. The highest BCUT2D eigenvalue weighted by Gasteiger charge is 2.56. The van der Waals surface area contributed by atoms with Gasteiger partial charge < -0.3 is 10.2 Å². The van der Waals surface area contributed by atoms with Crippen molar-refractivity contribution in [2.75, 3.05) is 0 Å². The van der Waals surface area contributed by atoms with E-state index in [0.717, 1.165) is 0 Å². The van der Waals surface area contributed by atoms with E-state index in [1.54, 1.807) is 0 Å². The van der Waals surface area contributed by atoms with Crippen LogP contribution in [0.1, 0.15) is 60.8 Å². The molecule has 0 saturated carbocycles. The smallest absolute Gasteiger partial charge is 0.273 e. The zero-order valence-electron chi connectivity index (χ0n) is 13.7. The summed E-state index contributed by atoms with van der Waals surface area (Å²) in [6, 6.07) is 0. The van der Waals surface area contributed by atoms with Gasteiger partial charge in [0.2, 0.25) is 0 Å². The summed E-state index contributed by atoms with van der Waals surface area (Å²) in [7, 11) is 0. The molecule has 120 valence electrons. The molecule has 20 heavy (non-hydrogen) atoms. The van der Waals surface area contributed by atoms with Gasteiger partial charge in [0.15, 0.2) is 0 Å². The van der Waals surface area contributed by atoms with Crippen LogP contribution in [0.2, 0.25) is 0 Å². The number of nitro groups is 1. The maximum Gasteiger partial charge on any atom is 0.273 e. The standard InChI is InChI=1S/C15H31NO4/c1-10(2)7-13(17)15(16(19)20,9-12(5)6)14(18)8-11(3)4/h10-14,17-18H,7-9H2,1-6H3. The lowest BCUT2D eigenvalue weighted by atomic mass is 9.75. The summed E-state index contributed by atoms with van der Waals surface area (Å²) in [5.41, 5.74) is -1.66. The minimum Gasteiger partial charge on any atom is -0.386 e. The minimum absolute atomic E-state index is 0.0315. The quantitative estimate of drug-likeness (QED) is 0.505. The summed E-state index contributed by atoms with van der Waals surface area (Å²) in [5, 5.41) is 32.6. The maximum absolute atomic E-state index is 11.7. The summed E-state index contributed by atoms with van der Waals surface area (Å²) < 4.78 is 0. The van der Waals surface area contributed by atoms with E-state index in [1.807, 2.05) is 41.5 Å². The number of hydrogen-bond donors (Lipinski definition) is 2. The Morgan fingerprint density at radius 1 is 0.900 bits per heavy atom. The second-order valence-corrected chi connectivity index (χ2v) is 7.14. The van der Waals surface area contributed by atoms with Crippen LogP contribution in [-0.2, 0) is 0 Å². The van der Waals surface area contributed by atoms with Crippen molar-refractivity contribution < 1.29 is 15.1 Å². The molecule has 0 heterocycles. The predicted octanol–water partition coefficient (Wildman–Crippen LogP) is 2.86.